The van der Waals surface area contributed by atoms with Crippen LogP contribution in [-0.4, -0.2) is 15.8 Å². The van der Waals surface area contributed by atoms with Crippen LogP contribution in [0.4, 0.5) is 13.2 Å². The lowest BCUT2D eigenvalue weighted by Gasteiger charge is -2.24. The van der Waals surface area contributed by atoms with E-state index in [0.717, 1.165) is 35.3 Å². The van der Waals surface area contributed by atoms with Crippen LogP contribution in [-0.2, 0) is 11.0 Å². The van der Waals surface area contributed by atoms with E-state index in [2.05, 4.69) is 10.5 Å². The van der Waals surface area contributed by atoms with Crippen molar-refractivity contribution in [3.8, 4) is 11.3 Å². The normalized spacial score (nSPS) is 22.4. The van der Waals surface area contributed by atoms with Crippen LogP contribution in [0.15, 0.2) is 47.3 Å². The molecule has 8 heteroatoms. The third-order valence-electron chi connectivity index (χ3n) is 6.84. The fourth-order valence-electron chi connectivity index (χ4n) is 5.50. The maximum absolute atomic E-state index is 13.1. The first-order chi connectivity index (χ1) is 15.2. The Balaban J connectivity index is 1.75. The minimum absolute atomic E-state index is 0.295. The number of rotatable bonds is 3. The molecule has 0 aliphatic heterocycles. The molecule has 32 heavy (non-hydrogen) atoms. The van der Waals surface area contributed by atoms with E-state index >= 15 is 0 Å². The first-order valence-electron chi connectivity index (χ1n) is 10.7. The molecule has 1 aromatic heterocycles. The first kappa shape index (κ1) is 20.7. The van der Waals surface area contributed by atoms with Crippen LogP contribution in [0.5, 0.6) is 0 Å². The van der Waals surface area contributed by atoms with Crippen LogP contribution in [0.1, 0.15) is 49.7 Å². The first-order valence-corrected chi connectivity index (χ1v) is 10.7. The summed E-state index contributed by atoms with van der Waals surface area (Å²) in [5, 5.41) is 5.44. The Bertz CT molecular complexity index is 1260. The lowest BCUT2D eigenvalue weighted by molar-refractivity contribution is -0.137. The highest BCUT2D eigenvalue weighted by Gasteiger charge is 2.41. The van der Waals surface area contributed by atoms with Gasteiger partial charge in [-0.3, -0.25) is 9.59 Å². The second-order valence-corrected chi connectivity index (χ2v) is 8.86. The van der Waals surface area contributed by atoms with Crippen molar-refractivity contribution in [2.75, 3.05) is 5.43 Å². The molecule has 2 bridgehead atoms. The third kappa shape index (κ3) is 3.47. The smallest absolute Gasteiger partial charge is 0.274 e. The van der Waals surface area contributed by atoms with Gasteiger partial charge in [0.25, 0.3) is 5.56 Å². The minimum atomic E-state index is -4.45. The molecule has 2 aromatic carbocycles. The van der Waals surface area contributed by atoms with Crippen LogP contribution >= 0.6 is 0 Å². The van der Waals surface area contributed by atoms with Crippen LogP contribution < -0.4 is 11.0 Å². The van der Waals surface area contributed by atoms with Gasteiger partial charge in [-0.25, -0.2) is 5.43 Å². The number of fused-ring (bicyclic) bond motifs is 3. The molecule has 3 aromatic rings. The minimum Gasteiger partial charge on any atom is -0.274 e. The molecule has 166 valence electrons. The standard InChI is InChI=1S/C24H22F3N3O2/c1-13(31)28-30-23(32)19-4-2-3-18(20-12-14-5-6-16(20)11-14)21(19)22(29-30)15-7-9-17(10-8-15)24(25,26)27/h2-4,7-10,14,16,20H,5-6,11-12H2,1H3,(H,28,31)/t14-,16+,20+/m1/s1. The molecule has 1 amide bonds. The highest BCUT2D eigenvalue weighted by molar-refractivity contribution is 5.97. The molecule has 3 atom stereocenters. The summed E-state index contributed by atoms with van der Waals surface area (Å²) in [6.45, 7) is 1.27. The predicted molar refractivity (Wildman–Crippen MR) is 115 cm³/mol. The number of alkyl halides is 3. The Morgan fingerprint density at radius 2 is 1.84 bits per heavy atom. The number of carbonyl (C=O) groups excluding carboxylic acids is 1. The number of halogens is 3. The summed E-state index contributed by atoms with van der Waals surface area (Å²) in [7, 11) is 0. The number of nitrogens with zero attached hydrogens (tertiary/aromatic N) is 2. The third-order valence-corrected chi connectivity index (χ3v) is 6.84. The van der Waals surface area contributed by atoms with Gasteiger partial charge in [-0.2, -0.15) is 13.2 Å². The number of amides is 1. The van der Waals surface area contributed by atoms with Crippen molar-refractivity contribution in [3.05, 3.63) is 63.9 Å². The van der Waals surface area contributed by atoms with E-state index in [1.165, 1.54) is 31.9 Å². The number of benzene rings is 2. The van der Waals surface area contributed by atoms with Crippen molar-refractivity contribution in [3.63, 3.8) is 0 Å². The Morgan fingerprint density at radius 1 is 1.09 bits per heavy atom. The fourth-order valence-corrected chi connectivity index (χ4v) is 5.50. The molecular formula is C24H22F3N3O2. The van der Waals surface area contributed by atoms with Gasteiger partial charge < -0.3 is 0 Å². The zero-order valence-corrected chi connectivity index (χ0v) is 17.4. The highest BCUT2D eigenvalue weighted by Crippen LogP contribution is 2.54. The van der Waals surface area contributed by atoms with Crippen molar-refractivity contribution >= 4 is 16.7 Å². The number of carbonyl (C=O) groups is 1. The van der Waals surface area contributed by atoms with Gasteiger partial charge >= 0.3 is 6.18 Å². The summed E-state index contributed by atoms with van der Waals surface area (Å²) >= 11 is 0. The zero-order chi connectivity index (χ0) is 22.6. The van der Waals surface area contributed by atoms with Gasteiger partial charge in [0.1, 0.15) is 5.69 Å². The van der Waals surface area contributed by atoms with Crippen LogP contribution in [0.3, 0.4) is 0 Å². The van der Waals surface area contributed by atoms with Gasteiger partial charge in [-0.15, -0.1) is 9.89 Å². The number of aromatic nitrogens is 2. The topological polar surface area (TPSA) is 64.0 Å². The van der Waals surface area contributed by atoms with Gasteiger partial charge in [0, 0.05) is 17.9 Å². The second-order valence-electron chi connectivity index (χ2n) is 8.86. The fraction of sp³-hybridized carbons (Fsp3) is 0.375. The van der Waals surface area contributed by atoms with Crippen LogP contribution in [0, 0.1) is 11.8 Å². The second kappa shape index (κ2) is 7.46. The Kier molecular flexibility index (Phi) is 4.83. The lowest BCUT2D eigenvalue weighted by Crippen LogP contribution is -2.34. The average Bonchev–Trinajstić information content (AvgIpc) is 3.38. The Hall–Kier alpha value is -3.16. The quantitative estimate of drug-likeness (QED) is 0.617. The SMILES string of the molecule is CC(=O)Nn1nc(-c2ccc(C(F)(F)F)cc2)c2c([C@H]3C[C@@H]4CC[C@H]3C4)cccc2c1=O. The molecule has 0 unspecified atom stereocenters. The van der Waals surface area contributed by atoms with Crippen molar-refractivity contribution < 1.29 is 18.0 Å². The molecule has 2 saturated carbocycles. The van der Waals surface area contributed by atoms with E-state index in [1.807, 2.05) is 12.1 Å². The molecule has 0 radical (unpaired) electrons. The summed E-state index contributed by atoms with van der Waals surface area (Å²) in [5.41, 5.74) is 3.05. The molecule has 1 heterocycles. The van der Waals surface area contributed by atoms with Gasteiger partial charge in [-0.05, 0) is 60.8 Å². The molecule has 5 nitrogen and oxygen atoms in total. The van der Waals surface area contributed by atoms with Crippen LogP contribution in [0.25, 0.3) is 22.0 Å². The lowest BCUT2D eigenvalue weighted by atomic mass is 9.81. The summed E-state index contributed by atoms with van der Waals surface area (Å²) in [4.78, 5) is 25.6. The monoisotopic (exact) mass is 441 g/mol. The molecule has 5 rings (SSSR count). The average molecular weight is 441 g/mol. The zero-order valence-electron chi connectivity index (χ0n) is 17.4. The van der Waals surface area contributed by atoms with E-state index in [9.17, 15) is 22.8 Å². The van der Waals surface area contributed by atoms with Gasteiger partial charge in [0.2, 0.25) is 5.91 Å². The molecule has 1 N–H and O–H groups in total. The molecule has 2 fully saturated rings. The maximum Gasteiger partial charge on any atom is 0.416 e. The summed E-state index contributed by atoms with van der Waals surface area (Å²) in [5.74, 6) is 1.05. The van der Waals surface area contributed by atoms with Crippen molar-refractivity contribution in [2.24, 2.45) is 11.8 Å². The molecule has 0 spiro atoms. The molecule has 2 aliphatic carbocycles. The molecule has 0 saturated heterocycles. The summed E-state index contributed by atoms with van der Waals surface area (Å²) < 4.78 is 39.2. The van der Waals surface area contributed by atoms with Crippen molar-refractivity contribution in [1.82, 2.24) is 9.89 Å². The Morgan fingerprint density at radius 3 is 2.44 bits per heavy atom. The van der Waals surface area contributed by atoms with Gasteiger partial charge in [-0.1, -0.05) is 30.7 Å². The maximum atomic E-state index is 13.1. The van der Waals surface area contributed by atoms with Crippen molar-refractivity contribution in [1.29, 1.82) is 0 Å². The van der Waals surface area contributed by atoms with Gasteiger partial charge in [0.05, 0.1) is 10.9 Å². The Labute approximate surface area is 182 Å². The predicted octanol–water partition coefficient (Wildman–Crippen LogP) is 5.08. The summed E-state index contributed by atoms with van der Waals surface area (Å²) in [6.07, 6.45) is 0.151. The number of hydrogen-bond acceptors (Lipinski definition) is 3. The number of nitrogens with one attached hydrogen (secondary N) is 1. The highest BCUT2D eigenvalue weighted by atomic mass is 19.4. The summed E-state index contributed by atoms with van der Waals surface area (Å²) in [6, 6.07) is 10.3. The van der Waals surface area contributed by atoms with E-state index in [1.54, 1.807) is 6.07 Å². The number of hydrogen-bond donors (Lipinski definition) is 1. The largest absolute Gasteiger partial charge is 0.416 e. The van der Waals surface area contributed by atoms with Crippen molar-refractivity contribution in [2.45, 2.75) is 44.7 Å². The van der Waals surface area contributed by atoms with E-state index in [4.69, 9.17) is 0 Å². The molecule has 2 aliphatic rings. The van der Waals surface area contributed by atoms with E-state index in [0.29, 0.717) is 39.8 Å². The van der Waals surface area contributed by atoms with Crippen LogP contribution in [0.2, 0.25) is 0 Å². The molecular weight excluding hydrogens is 419 g/mol. The van der Waals surface area contributed by atoms with E-state index < -0.39 is 23.2 Å². The van der Waals surface area contributed by atoms with Gasteiger partial charge in [0.15, 0.2) is 0 Å². The van der Waals surface area contributed by atoms with E-state index in [-0.39, 0.29) is 0 Å².